The molecule has 23 heavy (non-hydrogen) atoms. The van der Waals surface area contributed by atoms with Crippen LogP contribution in [0.15, 0.2) is 36.0 Å². The van der Waals surface area contributed by atoms with Gasteiger partial charge in [0.15, 0.2) is 0 Å². The smallest absolute Gasteiger partial charge is 0.141 e. The first-order valence-corrected chi connectivity index (χ1v) is 8.83. The largest absolute Gasteiger partial charge is 0.356 e. The topological polar surface area (TPSA) is 29.0 Å². The SMILES string of the molecule is C[C@@H]1CCCN(c2ncnc3scc(-c4ccc(F)cc4)c23)C1. The Kier molecular flexibility index (Phi) is 3.73. The van der Waals surface area contributed by atoms with Crippen molar-refractivity contribution in [3.8, 4) is 11.1 Å². The highest BCUT2D eigenvalue weighted by atomic mass is 32.1. The second kappa shape index (κ2) is 5.89. The van der Waals surface area contributed by atoms with Crippen molar-refractivity contribution < 1.29 is 4.39 Å². The summed E-state index contributed by atoms with van der Waals surface area (Å²) in [5.41, 5.74) is 2.11. The molecule has 0 saturated carbocycles. The normalized spacial score (nSPS) is 18.5. The van der Waals surface area contributed by atoms with E-state index in [9.17, 15) is 4.39 Å². The van der Waals surface area contributed by atoms with Crippen molar-refractivity contribution in [2.45, 2.75) is 19.8 Å². The Hall–Kier alpha value is -2.01. The third-order valence-electron chi connectivity index (χ3n) is 4.46. The molecular weight excluding hydrogens is 309 g/mol. The number of thiophene rings is 1. The van der Waals surface area contributed by atoms with Gasteiger partial charge in [-0.25, -0.2) is 14.4 Å². The lowest BCUT2D eigenvalue weighted by Gasteiger charge is -2.32. The molecule has 1 aromatic carbocycles. The van der Waals surface area contributed by atoms with Crippen LogP contribution >= 0.6 is 11.3 Å². The molecule has 1 atom stereocenters. The number of hydrogen-bond donors (Lipinski definition) is 0. The molecule has 0 spiro atoms. The number of halogens is 1. The maximum Gasteiger partial charge on any atom is 0.141 e. The van der Waals surface area contributed by atoms with Crippen LogP contribution in [0.2, 0.25) is 0 Å². The van der Waals surface area contributed by atoms with Crippen molar-refractivity contribution in [1.82, 2.24) is 9.97 Å². The van der Waals surface area contributed by atoms with Crippen LogP contribution in [0.5, 0.6) is 0 Å². The van der Waals surface area contributed by atoms with Crippen LogP contribution in [-0.2, 0) is 0 Å². The average molecular weight is 327 g/mol. The predicted octanol–water partition coefficient (Wildman–Crippen LogP) is 4.73. The molecule has 5 heteroatoms. The van der Waals surface area contributed by atoms with E-state index < -0.39 is 0 Å². The standard InChI is InChI=1S/C18H18FN3S/c1-12-3-2-8-22(9-12)17-16-15(10-23-18(16)21-11-20-17)13-4-6-14(19)7-5-13/h4-7,10-12H,2-3,8-9H2,1H3/t12-/m1/s1. The van der Waals surface area contributed by atoms with Gasteiger partial charge in [0, 0.05) is 24.0 Å². The first-order valence-electron chi connectivity index (χ1n) is 7.95. The Morgan fingerprint density at radius 3 is 2.83 bits per heavy atom. The van der Waals surface area contributed by atoms with Crippen LogP contribution in [0.4, 0.5) is 10.2 Å². The molecule has 0 radical (unpaired) electrons. The lowest BCUT2D eigenvalue weighted by atomic mass is 9.99. The van der Waals surface area contributed by atoms with E-state index in [1.807, 2.05) is 12.1 Å². The van der Waals surface area contributed by atoms with Crippen LogP contribution in [0.25, 0.3) is 21.3 Å². The molecule has 0 aliphatic carbocycles. The minimum absolute atomic E-state index is 0.213. The molecule has 118 valence electrons. The Balaban J connectivity index is 1.85. The van der Waals surface area contributed by atoms with Gasteiger partial charge in [-0.1, -0.05) is 19.1 Å². The van der Waals surface area contributed by atoms with Crippen molar-refractivity contribution in [1.29, 1.82) is 0 Å². The van der Waals surface area contributed by atoms with Gasteiger partial charge in [-0.3, -0.25) is 0 Å². The Labute approximate surface area is 138 Å². The zero-order chi connectivity index (χ0) is 15.8. The number of piperidine rings is 1. The number of anilines is 1. The third-order valence-corrected chi connectivity index (χ3v) is 5.35. The van der Waals surface area contributed by atoms with Gasteiger partial charge in [0.25, 0.3) is 0 Å². The van der Waals surface area contributed by atoms with E-state index >= 15 is 0 Å². The summed E-state index contributed by atoms with van der Waals surface area (Å²) >= 11 is 1.62. The third kappa shape index (κ3) is 2.70. The van der Waals surface area contributed by atoms with Crippen LogP contribution in [-0.4, -0.2) is 23.1 Å². The van der Waals surface area contributed by atoms with E-state index in [1.165, 1.54) is 25.0 Å². The molecule has 3 aromatic rings. The lowest BCUT2D eigenvalue weighted by molar-refractivity contribution is 0.445. The van der Waals surface area contributed by atoms with E-state index in [1.54, 1.807) is 17.7 Å². The quantitative estimate of drug-likeness (QED) is 0.681. The monoisotopic (exact) mass is 327 g/mol. The van der Waals surface area contributed by atoms with Gasteiger partial charge in [0.1, 0.15) is 22.8 Å². The molecule has 1 aliphatic rings. The van der Waals surface area contributed by atoms with Gasteiger partial charge in [-0.2, -0.15) is 0 Å². The van der Waals surface area contributed by atoms with Crippen molar-refractivity contribution in [3.63, 3.8) is 0 Å². The summed E-state index contributed by atoms with van der Waals surface area (Å²) in [6.07, 6.45) is 4.13. The predicted molar refractivity (Wildman–Crippen MR) is 93.4 cm³/mol. The summed E-state index contributed by atoms with van der Waals surface area (Å²) in [4.78, 5) is 12.4. The molecule has 4 rings (SSSR count). The molecule has 0 bridgehead atoms. The molecule has 1 fully saturated rings. The Morgan fingerprint density at radius 1 is 1.22 bits per heavy atom. The molecule has 0 unspecified atom stereocenters. The molecule has 1 aliphatic heterocycles. The van der Waals surface area contributed by atoms with Crippen molar-refractivity contribution in [2.24, 2.45) is 5.92 Å². The zero-order valence-corrected chi connectivity index (χ0v) is 13.8. The summed E-state index contributed by atoms with van der Waals surface area (Å²) in [5.74, 6) is 1.48. The lowest BCUT2D eigenvalue weighted by Crippen LogP contribution is -2.34. The van der Waals surface area contributed by atoms with Crippen molar-refractivity contribution in [3.05, 3.63) is 41.8 Å². The van der Waals surface area contributed by atoms with Crippen LogP contribution in [0.1, 0.15) is 19.8 Å². The highest BCUT2D eigenvalue weighted by Gasteiger charge is 2.22. The molecule has 2 aromatic heterocycles. The summed E-state index contributed by atoms with van der Waals surface area (Å²) in [7, 11) is 0. The average Bonchev–Trinajstić information content (AvgIpc) is 3.00. The van der Waals surface area contributed by atoms with Gasteiger partial charge < -0.3 is 4.90 Å². The second-order valence-electron chi connectivity index (χ2n) is 6.23. The number of nitrogens with zero attached hydrogens (tertiary/aromatic N) is 3. The summed E-state index contributed by atoms with van der Waals surface area (Å²) in [6.45, 7) is 4.36. The molecule has 1 saturated heterocycles. The number of fused-ring (bicyclic) bond motifs is 1. The van der Waals surface area contributed by atoms with Gasteiger partial charge in [0.05, 0.1) is 5.39 Å². The van der Waals surface area contributed by atoms with Crippen LogP contribution in [0, 0.1) is 11.7 Å². The van der Waals surface area contributed by atoms with Crippen molar-refractivity contribution >= 4 is 27.4 Å². The van der Waals surface area contributed by atoms with Gasteiger partial charge in [-0.05, 0) is 36.5 Å². The van der Waals surface area contributed by atoms with Crippen LogP contribution < -0.4 is 4.90 Å². The summed E-state index contributed by atoms with van der Waals surface area (Å²) in [5, 5.41) is 3.20. The van der Waals surface area contributed by atoms with Crippen LogP contribution in [0.3, 0.4) is 0 Å². The molecule has 0 amide bonds. The van der Waals surface area contributed by atoms with Gasteiger partial charge in [-0.15, -0.1) is 11.3 Å². The minimum Gasteiger partial charge on any atom is -0.356 e. The highest BCUT2D eigenvalue weighted by molar-refractivity contribution is 7.17. The Bertz CT molecular complexity index is 828. The minimum atomic E-state index is -0.213. The number of rotatable bonds is 2. The summed E-state index contributed by atoms with van der Waals surface area (Å²) < 4.78 is 13.2. The molecule has 3 nitrogen and oxygen atoms in total. The number of hydrogen-bond acceptors (Lipinski definition) is 4. The van der Waals surface area contributed by atoms with Gasteiger partial charge >= 0.3 is 0 Å². The first kappa shape index (κ1) is 14.6. The van der Waals surface area contributed by atoms with E-state index in [0.717, 1.165) is 40.3 Å². The van der Waals surface area contributed by atoms with E-state index in [2.05, 4.69) is 27.2 Å². The number of benzene rings is 1. The maximum atomic E-state index is 13.2. The number of aromatic nitrogens is 2. The van der Waals surface area contributed by atoms with E-state index in [0.29, 0.717) is 5.92 Å². The van der Waals surface area contributed by atoms with E-state index in [-0.39, 0.29) is 5.82 Å². The summed E-state index contributed by atoms with van der Waals surface area (Å²) in [6, 6.07) is 6.66. The molecule has 3 heterocycles. The molecular formula is C18H18FN3S. The molecule has 0 N–H and O–H groups in total. The maximum absolute atomic E-state index is 13.2. The highest BCUT2D eigenvalue weighted by Crippen LogP contribution is 2.38. The zero-order valence-electron chi connectivity index (χ0n) is 13.0. The van der Waals surface area contributed by atoms with Gasteiger partial charge in [0.2, 0.25) is 0 Å². The fourth-order valence-corrected chi connectivity index (χ4v) is 4.23. The Morgan fingerprint density at radius 2 is 2.04 bits per heavy atom. The fourth-order valence-electron chi connectivity index (χ4n) is 3.32. The second-order valence-corrected chi connectivity index (χ2v) is 7.09. The van der Waals surface area contributed by atoms with E-state index in [4.69, 9.17) is 0 Å². The fraction of sp³-hybridized carbons (Fsp3) is 0.333. The first-order chi connectivity index (χ1) is 11.2. The van der Waals surface area contributed by atoms with Crippen molar-refractivity contribution in [2.75, 3.05) is 18.0 Å².